The molecule has 4 N–H and O–H groups in total. The molecule has 1 aromatic heterocycles. The fraction of sp³-hybridized carbons (Fsp3) is 0.312. The average molecular weight is 664 g/mol. The van der Waals surface area contributed by atoms with Gasteiger partial charge in [0.15, 0.2) is 23.1 Å². The number of carbonyl (C=O) groups excluding carboxylic acids is 4. The number of pyridine rings is 1. The van der Waals surface area contributed by atoms with Gasteiger partial charge in [-0.1, -0.05) is 16.8 Å². The summed E-state index contributed by atoms with van der Waals surface area (Å²) in [4.78, 5) is 77.6. The Balaban J connectivity index is 1.29. The third-order valence-electron chi connectivity index (χ3n) is 9.23. The van der Waals surface area contributed by atoms with Crippen molar-refractivity contribution in [1.82, 2.24) is 9.88 Å². The van der Waals surface area contributed by atoms with E-state index in [-0.39, 0.29) is 45.5 Å². The largest absolute Gasteiger partial charge is 0.507 e. The zero-order valence-electron chi connectivity index (χ0n) is 24.8. The van der Waals surface area contributed by atoms with Crippen molar-refractivity contribution >= 4 is 51.7 Å². The van der Waals surface area contributed by atoms with Gasteiger partial charge in [0, 0.05) is 36.7 Å². The van der Waals surface area contributed by atoms with Gasteiger partial charge in [-0.05, 0) is 24.5 Å². The number of halogens is 1. The van der Waals surface area contributed by atoms with Gasteiger partial charge >= 0.3 is 0 Å². The molecule has 0 saturated carbocycles. The molecule has 242 valence electrons. The number of Topliss-reactive ketones (excluding diaryl/α,β-unsaturated/α-hetero) is 3. The number of hydrogen-bond donors (Lipinski definition) is 4. The van der Waals surface area contributed by atoms with Crippen LogP contribution in [0, 0.1) is 0 Å². The van der Waals surface area contributed by atoms with Crippen molar-refractivity contribution in [2.45, 2.75) is 18.3 Å². The van der Waals surface area contributed by atoms with E-state index in [9.17, 15) is 39.3 Å². The third kappa shape index (κ3) is 4.25. The lowest BCUT2D eigenvalue weighted by Gasteiger charge is -2.25. The molecular formula is C32H26ClN3O11. The first kappa shape index (κ1) is 30.6. The van der Waals surface area contributed by atoms with Gasteiger partial charge in [-0.3, -0.25) is 28.9 Å². The van der Waals surface area contributed by atoms with Crippen molar-refractivity contribution in [3.05, 3.63) is 72.4 Å². The predicted molar refractivity (Wildman–Crippen MR) is 164 cm³/mol. The van der Waals surface area contributed by atoms with Crippen LogP contribution >= 0.6 is 11.6 Å². The summed E-state index contributed by atoms with van der Waals surface area (Å²) in [7, 11) is 1.13. The van der Waals surface area contributed by atoms with Crippen molar-refractivity contribution in [2.24, 2.45) is 5.16 Å². The number of rotatable bonds is 6. The molecule has 2 aromatic carbocycles. The number of phenols is 3. The highest BCUT2D eigenvalue weighted by Crippen LogP contribution is 2.58. The predicted octanol–water partition coefficient (Wildman–Crippen LogP) is 2.15. The summed E-state index contributed by atoms with van der Waals surface area (Å²) in [6.07, 6.45) is 1.84. The molecule has 3 aromatic rings. The number of ketones is 4. The van der Waals surface area contributed by atoms with Crippen LogP contribution in [0.2, 0.25) is 5.02 Å². The van der Waals surface area contributed by atoms with Gasteiger partial charge in [0.25, 0.3) is 5.56 Å². The van der Waals surface area contributed by atoms with Crippen LogP contribution in [-0.4, -0.2) is 101 Å². The summed E-state index contributed by atoms with van der Waals surface area (Å²) in [5, 5.41) is 37.6. The highest BCUT2D eigenvalue weighted by molar-refractivity contribution is 6.41. The van der Waals surface area contributed by atoms with Crippen molar-refractivity contribution in [3.8, 4) is 17.2 Å². The minimum atomic E-state index is -2.21. The molecule has 1 atom stereocenters. The Morgan fingerprint density at radius 3 is 2.38 bits per heavy atom. The Kier molecular flexibility index (Phi) is 7.19. The molecule has 0 radical (unpaired) electrons. The molecule has 7 rings (SSSR count). The Labute approximate surface area is 269 Å². The Morgan fingerprint density at radius 1 is 1.02 bits per heavy atom. The number of allylic oxidation sites excluding steroid dienone is 2. The van der Waals surface area contributed by atoms with Crippen LogP contribution in [0.15, 0.2) is 27.9 Å². The van der Waals surface area contributed by atoms with Gasteiger partial charge in [0.1, 0.15) is 29.3 Å². The lowest BCUT2D eigenvalue weighted by molar-refractivity contribution is 0.0214. The molecule has 14 nitrogen and oxygen atoms in total. The van der Waals surface area contributed by atoms with E-state index < -0.39 is 79.4 Å². The van der Waals surface area contributed by atoms with E-state index in [4.69, 9.17) is 25.9 Å². The number of morpholine rings is 1. The number of H-pyrrole nitrogens is 1. The fourth-order valence-electron chi connectivity index (χ4n) is 7.01. The number of aromatic hydroxyl groups is 3. The molecule has 0 amide bonds. The van der Waals surface area contributed by atoms with Crippen molar-refractivity contribution in [1.29, 1.82) is 0 Å². The molecule has 47 heavy (non-hydrogen) atoms. The Morgan fingerprint density at radius 2 is 1.70 bits per heavy atom. The first-order chi connectivity index (χ1) is 22.5. The summed E-state index contributed by atoms with van der Waals surface area (Å²) in [6.45, 7) is 3.82. The molecule has 1 aliphatic heterocycles. The monoisotopic (exact) mass is 663 g/mol. The number of methoxy groups -OCH3 is 1. The number of benzene rings is 2. The van der Waals surface area contributed by atoms with Gasteiger partial charge in [-0.2, -0.15) is 0 Å². The van der Waals surface area contributed by atoms with Gasteiger partial charge in [0.2, 0.25) is 5.78 Å². The Hall–Kier alpha value is -5.05. The SMILES string of the molecule is COC1=CC(=O)c2c(O)c3c(c(O)c2C1=O)C(=O)[C@]1(CCc2c1c(O)c1c(=O)[nH]c(/C=N/OCCN4CCOCC4)cc1c2Cl)C3=O. The molecule has 1 saturated heterocycles. The van der Waals surface area contributed by atoms with Gasteiger partial charge in [-0.15, -0.1) is 0 Å². The second kappa shape index (κ2) is 11.0. The van der Waals surface area contributed by atoms with Crippen LogP contribution in [0.5, 0.6) is 17.2 Å². The van der Waals surface area contributed by atoms with Crippen LogP contribution in [0.1, 0.15) is 64.7 Å². The lowest BCUT2D eigenvalue weighted by atomic mass is 9.76. The van der Waals surface area contributed by atoms with E-state index in [1.807, 2.05) is 0 Å². The molecule has 4 aliphatic rings. The number of nitrogens with one attached hydrogen (secondary N) is 1. The number of fused-ring (bicyclic) bond motifs is 5. The van der Waals surface area contributed by atoms with E-state index in [1.54, 1.807) is 0 Å². The first-order valence-corrected chi connectivity index (χ1v) is 15.0. The van der Waals surface area contributed by atoms with Crippen LogP contribution in [0.4, 0.5) is 0 Å². The molecule has 3 aliphatic carbocycles. The topological polar surface area (TPSA) is 205 Å². The smallest absolute Gasteiger partial charge is 0.260 e. The highest BCUT2D eigenvalue weighted by Gasteiger charge is 2.62. The summed E-state index contributed by atoms with van der Waals surface area (Å²) in [5.74, 6) is -7.00. The average Bonchev–Trinajstić information content (AvgIpc) is 3.57. The summed E-state index contributed by atoms with van der Waals surface area (Å²) in [5.41, 5.74) is -5.51. The fourth-order valence-corrected chi connectivity index (χ4v) is 7.35. The second-order valence-electron chi connectivity index (χ2n) is 11.5. The molecule has 1 spiro atoms. The summed E-state index contributed by atoms with van der Waals surface area (Å²) in [6, 6.07) is 1.47. The van der Waals surface area contributed by atoms with E-state index in [0.717, 1.165) is 26.3 Å². The number of hydrogen-bond acceptors (Lipinski definition) is 13. The Bertz CT molecular complexity index is 2090. The molecule has 0 bridgehead atoms. The molecule has 1 fully saturated rings. The quantitative estimate of drug-likeness (QED) is 0.0984. The lowest BCUT2D eigenvalue weighted by Crippen LogP contribution is -2.38. The zero-order valence-corrected chi connectivity index (χ0v) is 25.5. The maximum atomic E-state index is 14.2. The summed E-state index contributed by atoms with van der Waals surface area (Å²) >= 11 is 6.79. The molecule has 2 heterocycles. The van der Waals surface area contributed by atoms with Crippen LogP contribution in [0.25, 0.3) is 10.8 Å². The molecule has 0 unspecified atom stereocenters. The van der Waals surface area contributed by atoms with Crippen molar-refractivity contribution in [2.75, 3.05) is 46.6 Å². The van der Waals surface area contributed by atoms with E-state index in [1.165, 1.54) is 12.3 Å². The number of phenolic OH excluding ortho intramolecular Hbond substituents is 3. The van der Waals surface area contributed by atoms with E-state index in [0.29, 0.717) is 26.4 Å². The second-order valence-corrected chi connectivity index (χ2v) is 11.9. The maximum absolute atomic E-state index is 14.2. The molecule has 15 heteroatoms. The number of aromatic amines is 1. The maximum Gasteiger partial charge on any atom is 0.260 e. The van der Waals surface area contributed by atoms with E-state index >= 15 is 0 Å². The number of carbonyl (C=O) groups is 4. The minimum Gasteiger partial charge on any atom is -0.507 e. The minimum absolute atomic E-state index is 0.00150. The standard InChI is InChI=1S/C32H26ClN3O11/c1-45-17-11-16(37)19-20(25(17)38)27(40)22-21(26(19)39)29(42)32(30(22)43)3-2-14-23(32)28(41)18-15(24(14)33)10-13(35-31(18)44)12-34-47-9-6-36-4-7-46-8-5-36/h10-12,39-41H,2-9H2,1H3,(H,35,44)/b34-12+/t32-/m0/s1. The van der Waals surface area contributed by atoms with Crippen molar-refractivity contribution in [3.63, 3.8) is 0 Å². The van der Waals surface area contributed by atoms with Crippen LogP contribution < -0.4 is 5.56 Å². The van der Waals surface area contributed by atoms with Crippen LogP contribution in [-0.2, 0) is 26.1 Å². The van der Waals surface area contributed by atoms with Crippen LogP contribution in [0.3, 0.4) is 0 Å². The third-order valence-corrected chi connectivity index (χ3v) is 9.66. The zero-order chi connectivity index (χ0) is 33.4. The molecular weight excluding hydrogens is 638 g/mol. The van der Waals surface area contributed by atoms with Gasteiger partial charge in [-0.25, -0.2) is 0 Å². The summed E-state index contributed by atoms with van der Waals surface area (Å²) < 4.78 is 10.2. The van der Waals surface area contributed by atoms with Gasteiger partial charge < -0.3 is 34.6 Å². The van der Waals surface area contributed by atoms with E-state index in [2.05, 4.69) is 15.0 Å². The van der Waals surface area contributed by atoms with Gasteiger partial charge in [0.05, 0.1) is 64.9 Å². The number of nitrogens with zero attached hydrogens (tertiary/aromatic N) is 2. The number of ether oxygens (including phenoxy) is 2. The highest BCUT2D eigenvalue weighted by atomic mass is 35.5. The first-order valence-electron chi connectivity index (χ1n) is 14.6. The van der Waals surface area contributed by atoms with Crippen molar-refractivity contribution < 1.29 is 48.8 Å². The number of aromatic nitrogens is 1. The normalized spacial score (nSPS) is 20.7. The number of oxime groups is 1.